The van der Waals surface area contributed by atoms with Crippen LogP contribution in [-0.2, 0) is 20.0 Å². The fourth-order valence-corrected chi connectivity index (χ4v) is 2.31. The Kier molecular flexibility index (Phi) is 7.02. The van der Waals surface area contributed by atoms with E-state index in [-0.39, 0.29) is 0 Å². The zero-order valence-electron chi connectivity index (χ0n) is 12.5. The highest BCUT2D eigenvalue weighted by atomic mass is 15.3. The summed E-state index contributed by atoms with van der Waals surface area (Å²) >= 11 is 0. The predicted octanol–water partition coefficient (Wildman–Crippen LogP) is 3.43. The molecular weight excluding hydrogens is 222 g/mol. The van der Waals surface area contributed by atoms with Gasteiger partial charge in [-0.3, -0.25) is 4.68 Å². The van der Waals surface area contributed by atoms with Gasteiger partial charge in [0.05, 0.1) is 11.4 Å². The lowest BCUT2D eigenvalue weighted by molar-refractivity contribution is 0.427. The first kappa shape index (κ1) is 15.2. The highest BCUT2D eigenvalue weighted by molar-refractivity contribution is 5.10. The van der Waals surface area contributed by atoms with Crippen LogP contribution in [0.15, 0.2) is 6.07 Å². The van der Waals surface area contributed by atoms with Gasteiger partial charge in [0.15, 0.2) is 0 Å². The summed E-state index contributed by atoms with van der Waals surface area (Å²) in [7, 11) is 2.04. The minimum absolute atomic E-state index is 0.662. The van der Waals surface area contributed by atoms with Crippen LogP contribution < -0.4 is 5.32 Å². The van der Waals surface area contributed by atoms with Crippen LogP contribution in [0.4, 0.5) is 0 Å². The summed E-state index contributed by atoms with van der Waals surface area (Å²) in [6.45, 7) is 7.62. The second kappa shape index (κ2) is 8.30. The Balaban J connectivity index is 2.46. The topological polar surface area (TPSA) is 29.9 Å². The van der Waals surface area contributed by atoms with E-state index in [2.05, 4.69) is 37.3 Å². The number of aryl methyl sites for hydroxylation is 2. The van der Waals surface area contributed by atoms with Crippen molar-refractivity contribution in [1.82, 2.24) is 15.1 Å². The fourth-order valence-electron chi connectivity index (χ4n) is 2.31. The molecule has 0 aliphatic heterocycles. The van der Waals surface area contributed by atoms with E-state index in [1.807, 2.05) is 11.7 Å². The molecule has 1 aromatic heterocycles. The maximum atomic E-state index is 4.49. The van der Waals surface area contributed by atoms with Crippen molar-refractivity contribution in [1.29, 1.82) is 0 Å². The van der Waals surface area contributed by atoms with Crippen molar-refractivity contribution >= 4 is 0 Å². The summed E-state index contributed by atoms with van der Waals surface area (Å²) < 4.78 is 2.01. The van der Waals surface area contributed by atoms with Crippen LogP contribution in [0.5, 0.6) is 0 Å². The molecule has 1 N–H and O–H groups in total. The molecular formula is C15H29N3. The second-order valence-electron chi connectivity index (χ2n) is 5.11. The predicted molar refractivity (Wildman–Crippen MR) is 77.6 cm³/mol. The van der Waals surface area contributed by atoms with Gasteiger partial charge in [-0.15, -0.1) is 0 Å². The Hall–Kier alpha value is -0.830. The first-order chi connectivity index (χ1) is 8.71. The fraction of sp³-hybridized carbons (Fsp3) is 0.800. The van der Waals surface area contributed by atoms with Crippen LogP contribution in [0.2, 0.25) is 0 Å². The van der Waals surface area contributed by atoms with Crippen molar-refractivity contribution in [3.8, 4) is 0 Å². The molecule has 0 fully saturated rings. The maximum absolute atomic E-state index is 4.49. The van der Waals surface area contributed by atoms with Gasteiger partial charge in [0.25, 0.3) is 0 Å². The number of rotatable bonds is 9. The smallest absolute Gasteiger partial charge is 0.0625 e. The van der Waals surface area contributed by atoms with E-state index in [9.17, 15) is 0 Å². The molecule has 0 aromatic carbocycles. The first-order valence-electron chi connectivity index (χ1n) is 7.46. The summed E-state index contributed by atoms with van der Waals surface area (Å²) in [5, 5.41) is 8.18. The van der Waals surface area contributed by atoms with Crippen molar-refractivity contribution in [2.45, 2.75) is 71.9 Å². The Morgan fingerprint density at radius 1 is 1.22 bits per heavy atom. The molecule has 1 heterocycles. The van der Waals surface area contributed by atoms with Crippen LogP contribution in [0, 0.1) is 0 Å². The third kappa shape index (κ3) is 4.81. The van der Waals surface area contributed by atoms with E-state index in [0.29, 0.717) is 6.04 Å². The molecule has 1 rings (SSSR count). The van der Waals surface area contributed by atoms with Crippen LogP contribution in [0.25, 0.3) is 0 Å². The van der Waals surface area contributed by atoms with Crippen molar-refractivity contribution in [3.63, 3.8) is 0 Å². The zero-order chi connectivity index (χ0) is 13.4. The number of hydrogen-bond acceptors (Lipinski definition) is 2. The number of nitrogens with one attached hydrogen (secondary N) is 1. The molecule has 0 aliphatic rings. The lowest BCUT2D eigenvalue weighted by Crippen LogP contribution is -2.29. The second-order valence-corrected chi connectivity index (χ2v) is 5.11. The number of unbranched alkanes of at least 4 members (excludes halogenated alkanes) is 1. The molecule has 0 radical (unpaired) electrons. The molecule has 0 aliphatic carbocycles. The minimum Gasteiger partial charge on any atom is -0.308 e. The van der Waals surface area contributed by atoms with Crippen molar-refractivity contribution in [2.24, 2.45) is 7.05 Å². The maximum Gasteiger partial charge on any atom is 0.0625 e. The minimum atomic E-state index is 0.662. The molecule has 18 heavy (non-hydrogen) atoms. The monoisotopic (exact) mass is 251 g/mol. The summed E-state index contributed by atoms with van der Waals surface area (Å²) in [6, 6.07) is 2.88. The molecule has 3 heteroatoms. The molecule has 0 bridgehead atoms. The summed E-state index contributed by atoms with van der Waals surface area (Å²) in [6.07, 6.45) is 7.45. The van der Waals surface area contributed by atoms with E-state index in [0.717, 1.165) is 13.0 Å². The Labute approximate surface area is 112 Å². The van der Waals surface area contributed by atoms with Crippen molar-refractivity contribution < 1.29 is 0 Å². The largest absolute Gasteiger partial charge is 0.308 e. The molecule has 0 saturated heterocycles. The van der Waals surface area contributed by atoms with Gasteiger partial charge in [-0.2, -0.15) is 5.10 Å². The molecule has 0 saturated carbocycles. The van der Waals surface area contributed by atoms with Crippen LogP contribution in [-0.4, -0.2) is 15.8 Å². The Morgan fingerprint density at radius 3 is 2.56 bits per heavy atom. The van der Waals surface area contributed by atoms with E-state index < -0.39 is 0 Å². The summed E-state index contributed by atoms with van der Waals surface area (Å²) in [4.78, 5) is 0. The van der Waals surface area contributed by atoms with Gasteiger partial charge < -0.3 is 5.32 Å². The molecule has 3 nitrogen and oxygen atoms in total. The van der Waals surface area contributed by atoms with E-state index in [4.69, 9.17) is 0 Å². The number of hydrogen-bond donors (Lipinski definition) is 1. The third-order valence-electron chi connectivity index (χ3n) is 3.50. The van der Waals surface area contributed by atoms with Gasteiger partial charge in [-0.05, 0) is 25.3 Å². The summed E-state index contributed by atoms with van der Waals surface area (Å²) in [5.41, 5.74) is 2.49. The summed E-state index contributed by atoms with van der Waals surface area (Å²) in [5.74, 6) is 0. The van der Waals surface area contributed by atoms with Crippen molar-refractivity contribution in [3.05, 3.63) is 17.5 Å². The van der Waals surface area contributed by atoms with Gasteiger partial charge in [0.1, 0.15) is 0 Å². The van der Waals surface area contributed by atoms with Crippen molar-refractivity contribution in [2.75, 3.05) is 0 Å². The van der Waals surface area contributed by atoms with Crippen LogP contribution in [0.1, 0.15) is 64.3 Å². The van der Waals surface area contributed by atoms with Crippen LogP contribution in [0.3, 0.4) is 0 Å². The SMILES string of the molecule is CCCCC(CCC)NCc1cc(CC)nn1C. The Morgan fingerprint density at radius 2 is 2.00 bits per heavy atom. The van der Waals surface area contributed by atoms with E-state index in [1.54, 1.807) is 0 Å². The zero-order valence-corrected chi connectivity index (χ0v) is 12.5. The average molecular weight is 251 g/mol. The molecule has 1 aromatic rings. The van der Waals surface area contributed by atoms with Crippen LogP contribution >= 0.6 is 0 Å². The normalized spacial score (nSPS) is 12.9. The van der Waals surface area contributed by atoms with Gasteiger partial charge in [0.2, 0.25) is 0 Å². The lowest BCUT2D eigenvalue weighted by Gasteiger charge is -2.17. The van der Waals surface area contributed by atoms with Gasteiger partial charge in [-0.1, -0.05) is 40.0 Å². The highest BCUT2D eigenvalue weighted by Gasteiger charge is 2.09. The highest BCUT2D eigenvalue weighted by Crippen LogP contribution is 2.09. The standard InChI is InChI=1S/C15H29N3/c1-5-8-10-14(9-6-2)16-12-15-11-13(7-3)17-18(15)4/h11,14,16H,5-10,12H2,1-4H3. The van der Waals surface area contributed by atoms with E-state index >= 15 is 0 Å². The molecule has 0 spiro atoms. The molecule has 1 atom stereocenters. The number of nitrogens with zero attached hydrogens (tertiary/aromatic N) is 2. The quantitative estimate of drug-likeness (QED) is 0.728. The Bertz CT molecular complexity index is 330. The molecule has 104 valence electrons. The third-order valence-corrected chi connectivity index (χ3v) is 3.50. The van der Waals surface area contributed by atoms with Gasteiger partial charge in [0, 0.05) is 19.6 Å². The first-order valence-corrected chi connectivity index (χ1v) is 7.46. The lowest BCUT2D eigenvalue weighted by atomic mass is 10.1. The molecule has 1 unspecified atom stereocenters. The average Bonchev–Trinajstić information content (AvgIpc) is 2.73. The van der Waals surface area contributed by atoms with Gasteiger partial charge in [-0.25, -0.2) is 0 Å². The molecule has 0 amide bonds. The van der Waals surface area contributed by atoms with Gasteiger partial charge >= 0.3 is 0 Å². The van der Waals surface area contributed by atoms with E-state index in [1.165, 1.54) is 43.5 Å². The number of aromatic nitrogens is 2.